The number of methoxy groups -OCH3 is 1. The lowest BCUT2D eigenvalue weighted by Gasteiger charge is -2.19. The molecule has 1 fully saturated rings. The van der Waals surface area contributed by atoms with Crippen LogP contribution in [0.15, 0.2) is 18.2 Å². The maximum atomic E-state index is 6.03. The van der Waals surface area contributed by atoms with Crippen molar-refractivity contribution in [1.82, 2.24) is 0 Å². The Morgan fingerprint density at radius 1 is 1.06 bits per heavy atom. The van der Waals surface area contributed by atoms with Crippen molar-refractivity contribution in [3.05, 3.63) is 18.2 Å². The van der Waals surface area contributed by atoms with Gasteiger partial charge >= 0.3 is 0 Å². The molecule has 0 aliphatic heterocycles. The standard InChI is InChI=1S/C14H21NO2/c1-16-14-10-11(15)8-9-13(14)17-12-6-4-2-3-5-7-12/h8-10,12H,2-7,15H2,1H3. The summed E-state index contributed by atoms with van der Waals surface area (Å²) in [7, 11) is 1.65. The monoisotopic (exact) mass is 235 g/mol. The molecule has 1 aliphatic carbocycles. The molecule has 1 saturated carbocycles. The van der Waals surface area contributed by atoms with Crippen LogP contribution in [0.25, 0.3) is 0 Å². The summed E-state index contributed by atoms with van der Waals surface area (Å²) in [5.41, 5.74) is 6.43. The second-order valence-electron chi connectivity index (χ2n) is 4.64. The van der Waals surface area contributed by atoms with Crippen molar-refractivity contribution < 1.29 is 9.47 Å². The van der Waals surface area contributed by atoms with Crippen molar-refractivity contribution in [1.29, 1.82) is 0 Å². The molecule has 1 aliphatic rings. The summed E-state index contributed by atoms with van der Waals surface area (Å²) in [6, 6.07) is 5.57. The number of anilines is 1. The fourth-order valence-corrected chi connectivity index (χ4v) is 2.32. The minimum absolute atomic E-state index is 0.329. The number of nitrogen functional groups attached to an aromatic ring is 1. The van der Waals surface area contributed by atoms with E-state index in [2.05, 4.69) is 0 Å². The van der Waals surface area contributed by atoms with Gasteiger partial charge in [0.15, 0.2) is 11.5 Å². The van der Waals surface area contributed by atoms with Crippen molar-refractivity contribution in [3.63, 3.8) is 0 Å². The number of benzene rings is 1. The zero-order chi connectivity index (χ0) is 12.1. The van der Waals surface area contributed by atoms with Gasteiger partial charge in [-0.25, -0.2) is 0 Å². The molecule has 0 saturated heterocycles. The van der Waals surface area contributed by atoms with E-state index in [1.54, 1.807) is 7.11 Å². The maximum absolute atomic E-state index is 6.03. The Morgan fingerprint density at radius 3 is 2.41 bits per heavy atom. The van der Waals surface area contributed by atoms with Gasteiger partial charge in [0.2, 0.25) is 0 Å². The maximum Gasteiger partial charge on any atom is 0.162 e. The Kier molecular flexibility index (Phi) is 4.13. The molecule has 0 atom stereocenters. The summed E-state index contributed by atoms with van der Waals surface area (Å²) in [6.07, 6.45) is 7.82. The zero-order valence-corrected chi connectivity index (χ0v) is 10.4. The Labute approximate surface area is 103 Å². The number of ether oxygens (including phenoxy) is 2. The van der Waals surface area contributed by atoms with Gasteiger partial charge in [0.1, 0.15) is 0 Å². The van der Waals surface area contributed by atoms with Gasteiger partial charge in [0.05, 0.1) is 13.2 Å². The molecule has 0 bridgehead atoms. The first kappa shape index (κ1) is 12.1. The Balaban J connectivity index is 2.06. The molecule has 2 rings (SSSR count). The van der Waals surface area contributed by atoms with E-state index in [0.717, 1.165) is 24.3 Å². The van der Waals surface area contributed by atoms with E-state index in [-0.39, 0.29) is 0 Å². The minimum atomic E-state index is 0.329. The molecule has 0 heterocycles. The molecule has 0 amide bonds. The van der Waals surface area contributed by atoms with E-state index in [1.165, 1.54) is 25.7 Å². The molecule has 0 unspecified atom stereocenters. The largest absolute Gasteiger partial charge is 0.493 e. The number of hydrogen-bond donors (Lipinski definition) is 1. The van der Waals surface area contributed by atoms with Crippen LogP contribution in [0, 0.1) is 0 Å². The van der Waals surface area contributed by atoms with Crippen LogP contribution < -0.4 is 15.2 Å². The van der Waals surface area contributed by atoms with E-state index in [4.69, 9.17) is 15.2 Å². The van der Waals surface area contributed by atoms with Crippen LogP contribution in [0.2, 0.25) is 0 Å². The van der Waals surface area contributed by atoms with Crippen LogP contribution in [0.5, 0.6) is 11.5 Å². The lowest BCUT2D eigenvalue weighted by molar-refractivity contribution is 0.176. The van der Waals surface area contributed by atoms with E-state index >= 15 is 0 Å². The summed E-state index contributed by atoms with van der Waals surface area (Å²) in [5.74, 6) is 1.54. The average molecular weight is 235 g/mol. The Morgan fingerprint density at radius 2 is 1.76 bits per heavy atom. The minimum Gasteiger partial charge on any atom is -0.493 e. The summed E-state index contributed by atoms with van der Waals surface area (Å²) < 4.78 is 11.3. The van der Waals surface area contributed by atoms with Gasteiger partial charge < -0.3 is 15.2 Å². The summed E-state index contributed by atoms with van der Waals surface area (Å²) >= 11 is 0. The van der Waals surface area contributed by atoms with Crippen LogP contribution in [0.4, 0.5) is 5.69 Å². The first-order chi connectivity index (χ1) is 8.29. The first-order valence-electron chi connectivity index (χ1n) is 6.40. The van der Waals surface area contributed by atoms with Crippen molar-refractivity contribution >= 4 is 5.69 Å². The molecule has 3 nitrogen and oxygen atoms in total. The second-order valence-corrected chi connectivity index (χ2v) is 4.64. The van der Waals surface area contributed by atoms with Crippen molar-refractivity contribution in [2.24, 2.45) is 0 Å². The quantitative estimate of drug-likeness (QED) is 0.645. The molecular formula is C14H21NO2. The molecule has 17 heavy (non-hydrogen) atoms. The highest BCUT2D eigenvalue weighted by Gasteiger charge is 2.15. The van der Waals surface area contributed by atoms with Crippen molar-refractivity contribution in [2.45, 2.75) is 44.6 Å². The van der Waals surface area contributed by atoms with Gasteiger partial charge in [-0.3, -0.25) is 0 Å². The molecule has 1 aromatic rings. The first-order valence-corrected chi connectivity index (χ1v) is 6.40. The summed E-state index contributed by atoms with van der Waals surface area (Å²) in [6.45, 7) is 0. The molecule has 0 aromatic heterocycles. The van der Waals surface area contributed by atoms with Gasteiger partial charge in [-0.15, -0.1) is 0 Å². The summed E-state index contributed by atoms with van der Waals surface area (Å²) in [5, 5.41) is 0. The highest BCUT2D eigenvalue weighted by molar-refractivity contribution is 5.51. The average Bonchev–Trinajstić information content (AvgIpc) is 2.60. The van der Waals surface area contributed by atoms with Crippen molar-refractivity contribution in [3.8, 4) is 11.5 Å². The SMILES string of the molecule is COc1cc(N)ccc1OC1CCCCCC1. The van der Waals surface area contributed by atoms with Crippen LogP contribution in [-0.2, 0) is 0 Å². The van der Waals surface area contributed by atoms with Gasteiger partial charge in [0.25, 0.3) is 0 Å². The van der Waals surface area contributed by atoms with Crippen LogP contribution in [0.3, 0.4) is 0 Å². The van der Waals surface area contributed by atoms with E-state index in [1.807, 2.05) is 18.2 Å². The van der Waals surface area contributed by atoms with Gasteiger partial charge in [-0.05, 0) is 37.8 Å². The predicted octanol–water partition coefficient (Wildman–Crippen LogP) is 3.38. The molecular weight excluding hydrogens is 214 g/mol. The third-order valence-electron chi connectivity index (χ3n) is 3.28. The molecule has 2 N–H and O–H groups in total. The van der Waals surface area contributed by atoms with Gasteiger partial charge in [0, 0.05) is 11.8 Å². The smallest absolute Gasteiger partial charge is 0.162 e. The number of nitrogens with two attached hydrogens (primary N) is 1. The fourth-order valence-electron chi connectivity index (χ4n) is 2.32. The molecule has 3 heteroatoms. The Bertz CT molecular complexity index is 357. The van der Waals surface area contributed by atoms with Crippen molar-refractivity contribution in [2.75, 3.05) is 12.8 Å². The molecule has 94 valence electrons. The van der Waals surface area contributed by atoms with E-state index in [9.17, 15) is 0 Å². The third-order valence-corrected chi connectivity index (χ3v) is 3.28. The topological polar surface area (TPSA) is 44.5 Å². The van der Waals surface area contributed by atoms with Crippen LogP contribution in [0.1, 0.15) is 38.5 Å². The lowest BCUT2D eigenvalue weighted by atomic mass is 10.1. The summed E-state index contributed by atoms with van der Waals surface area (Å²) in [4.78, 5) is 0. The molecule has 0 spiro atoms. The molecule has 0 radical (unpaired) electrons. The highest BCUT2D eigenvalue weighted by atomic mass is 16.5. The number of hydrogen-bond acceptors (Lipinski definition) is 3. The fraction of sp³-hybridized carbons (Fsp3) is 0.571. The van der Waals surface area contributed by atoms with E-state index < -0.39 is 0 Å². The van der Waals surface area contributed by atoms with Gasteiger partial charge in [-0.2, -0.15) is 0 Å². The molecule has 1 aromatic carbocycles. The van der Waals surface area contributed by atoms with E-state index in [0.29, 0.717) is 11.8 Å². The third kappa shape index (κ3) is 3.29. The second kappa shape index (κ2) is 5.80. The van der Waals surface area contributed by atoms with Crippen LogP contribution >= 0.6 is 0 Å². The number of rotatable bonds is 3. The zero-order valence-electron chi connectivity index (χ0n) is 10.4. The highest BCUT2D eigenvalue weighted by Crippen LogP contribution is 2.32. The normalized spacial score (nSPS) is 17.5. The van der Waals surface area contributed by atoms with Crippen LogP contribution in [-0.4, -0.2) is 13.2 Å². The Hall–Kier alpha value is -1.38. The van der Waals surface area contributed by atoms with Gasteiger partial charge in [-0.1, -0.05) is 12.8 Å². The lowest BCUT2D eigenvalue weighted by Crippen LogP contribution is -2.15. The predicted molar refractivity (Wildman–Crippen MR) is 69.5 cm³/mol.